The molecule has 1 aliphatic rings. The molecular weight excluding hydrogens is 453 g/mol. The summed E-state index contributed by atoms with van der Waals surface area (Å²) >= 11 is 5.83. The maximum Gasteiger partial charge on any atom is 0.416 e. The van der Waals surface area contributed by atoms with Crippen molar-refractivity contribution in [3.63, 3.8) is 0 Å². The molecule has 1 saturated heterocycles. The van der Waals surface area contributed by atoms with Crippen LogP contribution in [0.25, 0.3) is 0 Å². The molecule has 0 bridgehead atoms. The number of amides is 1. The molecule has 3 rings (SSSR count). The van der Waals surface area contributed by atoms with Crippen molar-refractivity contribution in [1.29, 1.82) is 0 Å². The van der Waals surface area contributed by atoms with Gasteiger partial charge in [-0.2, -0.15) is 13.2 Å². The lowest BCUT2D eigenvalue weighted by Crippen LogP contribution is -2.45. The van der Waals surface area contributed by atoms with Crippen molar-refractivity contribution in [3.05, 3.63) is 70.2 Å². The predicted octanol–water partition coefficient (Wildman–Crippen LogP) is 4.22. The van der Waals surface area contributed by atoms with Crippen LogP contribution in [-0.4, -0.2) is 31.7 Å². The summed E-state index contributed by atoms with van der Waals surface area (Å²) in [5.41, 5.74) is 0.142. The molecule has 0 aromatic heterocycles. The van der Waals surface area contributed by atoms with E-state index in [1.165, 1.54) is 16.4 Å². The highest BCUT2D eigenvalue weighted by Gasteiger charge is 2.33. The molecule has 1 amide bonds. The van der Waals surface area contributed by atoms with Gasteiger partial charge in [0.15, 0.2) is 0 Å². The van der Waals surface area contributed by atoms with Crippen LogP contribution in [0.5, 0.6) is 0 Å². The summed E-state index contributed by atoms with van der Waals surface area (Å²) in [4.78, 5) is 12.6. The highest BCUT2D eigenvalue weighted by atomic mass is 35.5. The third-order valence-corrected chi connectivity index (χ3v) is 7.20. The second-order valence-electron chi connectivity index (χ2n) is 7.50. The van der Waals surface area contributed by atoms with Gasteiger partial charge in [0.2, 0.25) is 15.9 Å². The van der Waals surface area contributed by atoms with E-state index in [9.17, 15) is 26.4 Å². The van der Waals surface area contributed by atoms with Crippen LogP contribution >= 0.6 is 11.6 Å². The molecule has 0 unspecified atom stereocenters. The third kappa shape index (κ3) is 6.44. The number of halogens is 4. The van der Waals surface area contributed by atoms with Gasteiger partial charge in [0.05, 0.1) is 17.2 Å². The Morgan fingerprint density at radius 3 is 2.52 bits per heavy atom. The van der Waals surface area contributed by atoms with Gasteiger partial charge >= 0.3 is 6.18 Å². The van der Waals surface area contributed by atoms with Gasteiger partial charge in [0.1, 0.15) is 0 Å². The third-order valence-electron chi connectivity index (χ3n) is 5.13. The van der Waals surface area contributed by atoms with Crippen LogP contribution in [0.2, 0.25) is 5.02 Å². The molecule has 10 heteroatoms. The van der Waals surface area contributed by atoms with Crippen molar-refractivity contribution >= 4 is 27.5 Å². The number of sulfonamides is 1. The molecule has 1 aliphatic heterocycles. The maximum absolute atomic E-state index is 12.8. The van der Waals surface area contributed by atoms with Crippen molar-refractivity contribution in [1.82, 2.24) is 9.62 Å². The second kappa shape index (κ2) is 9.58. The minimum Gasteiger partial charge on any atom is -0.352 e. The lowest BCUT2D eigenvalue weighted by Gasteiger charge is -2.31. The van der Waals surface area contributed by atoms with Crippen LogP contribution < -0.4 is 5.32 Å². The van der Waals surface area contributed by atoms with E-state index in [4.69, 9.17) is 11.6 Å². The Morgan fingerprint density at radius 1 is 1.13 bits per heavy atom. The topological polar surface area (TPSA) is 66.5 Å². The van der Waals surface area contributed by atoms with E-state index in [2.05, 4.69) is 5.32 Å². The van der Waals surface area contributed by atoms with Gasteiger partial charge in [-0.3, -0.25) is 4.79 Å². The summed E-state index contributed by atoms with van der Waals surface area (Å²) < 4.78 is 65.3. The number of benzene rings is 2. The Labute approximate surface area is 184 Å². The van der Waals surface area contributed by atoms with Crippen LogP contribution in [0.3, 0.4) is 0 Å². The molecule has 2 aromatic carbocycles. The number of nitrogens with one attached hydrogen (secondary N) is 1. The highest BCUT2D eigenvalue weighted by molar-refractivity contribution is 7.88. The monoisotopic (exact) mass is 474 g/mol. The minimum absolute atomic E-state index is 0.0460. The number of piperidine rings is 1. The van der Waals surface area contributed by atoms with Gasteiger partial charge < -0.3 is 5.32 Å². The zero-order valence-corrected chi connectivity index (χ0v) is 18.1. The van der Waals surface area contributed by atoms with E-state index in [1.54, 1.807) is 24.3 Å². The molecule has 0 aliphatic carbocycles. The molecule has 0 spiro atoms. The number of hydrogen-bond acceptors (Lipinski definition) is 3. The van der Waals surface area contributed by atoms with Crippen molar-refractivity contribution < 1.29 is 26.4 Å². The number of alkyl halides is 3. The Balaban J connectivity index is 1.59. The summed E-state index contributed by atoms with van der Waals surface area (Å²) in [5.74, 6) is -1.12. The first-order valence-corrected chi connectivity index (χ1v) is 11.7. The van der Waals surface area contributed by atoms with Gasteiger partial charge in [-0.05, 0) is 48.2 Å². The largest absolute Gasteiger partial charge is 0.416 e. The van der Waals surface area contributed by atoms with Gasteiger partial charge in [0, 0.05) is 24.7 Å². The zero-order valence-electron chi connectivity index (χ0n) is 16.5. The molecule has 1 fully saturated rings. The SMILES string of the molecule is O=C(NCc1cccc(C(F)(F)F)c1)[C@H]1CCCN(S(=O)(=O)Cc2ccc(Cl)cc2)C1. The standard InChI is InChI=1S/C21H22ClF3N2O3S/c22-19-8-6-15(7-9-19)14-31(29,30)27-10-2-4-17(13-27)20(28)26-12-16-3-1-5-18(11-16)21(23,24)25/h1,3,5-9,11,17H,2,4,10,12-14H2,(H,26,28)/t17-/m0/s1. The number of carbonyl (C=O) groups excluding carboxylic acids is 1. The van der Waals surface area contributed by atoms with Crippen molar-refractivity contribution in [3.8, 4) is 0 Å². The summed E-state index contributed by atoms with van der Waals surface area (Å²) in [6.45, 7) is 0.314. The Morgan fingerprint density at radius 2 is 1.84 bits per heavy atom. The van der Waals surface area contributed by atoms with E-state index >= 15 is 0 Å². The molecule has 5 nitrogen and oxygen atoms in total. The molecule has 1 atom stereocenters. The van der Waals surface area contributed by atoms with Gasteiger partial charge in [-0.1, -0.05) is 35.9 Å². The Hall–Kier alpha value is -2.10. The number of hydrogen-bond donors (Lipinski definition) is 1. The van der Waals surface area contributed by atoms with Crippen molar-refractivity contribution in [2.75, 3.05) is 13.1 Å². The fourth-order valence-electron chi connectivity index (χ4n) is 3.48. The molecular formula is C21H22ClF3N2O3S. The Bertz CT molecular complexity index is 1030. The molecule has 2 aromatic rings. The zero-order chi connectivity index (χ0) is 22.6. The minimum atomic E-state index is -4.46. The van der Waals surface area contributed by atoms with Gasteiger partial charge in [-0.15, -0.1) is 0 Å². The van der Waals surface area contributed by atoms with Gasteiger partial charge in [0.25, 0.3) is 0 Å². The summed E-state index contributed by atoms with van der Waals surface area (Å²) in [6.07, 6.45) is -3.41. The normalized spacial score (nSPS) is 18.0. The molecule has 1 heterocycles. The molecule has 0 saturated carbocycles. The molecule has 168 valence electrons. The average molecular weight is 475 g/mol. The van der Waals surface area contributed by atoms with Crippen LogP contribution in [0.1, 0.15) is 29.5 Å². The average Bonchev–Trinajstić information content (AvgIpc) is 2.73. The molecule has 1 N–H and O–H groups in total. The lowest BCUT2D eigenvalue weighted by atomic mass is 9.98. The molecule has 31 heavy (non-hydrogen) atoms. The van der Waals surface area contributed by atoms with E-state index in [1.807, 2.05) is 0 Å². The number of carbonyl (C=O) groups is 1. The first kappa shape index (κ1) is 23.6. The first-order valence-electron chi connectivity index (χ1n) is 9.71. The van der Waals surface area contributed by atoms with Crippen molar-refractivity contribution in [2.24, 2.45) is 5.92 Å². The molecule has 0 radical (unpaired) electrons. The van der Waals surface area contributed by atoms with Gasteiger partial charge in [-0.25, -0.2) is 12.7 Å². The van der Waals surface area contributed by atoms with Crippen LogP contribution in [-0.2, 0) is 33.3 Å². The fourth-order valence-corrected chi connectivity index (χ4v) is 5.22. The fraction of sp³-hybridized carbons (Fsp3) is 0.381. The van der Waals surface area contributed by atoms with E-state index in [-0.39, 0.29) is 24.7 Å². The van der Waals surface area contributed by atoms with Crippen LogP contribution in [0.15, 0.2) is 48.5 Å². The van der Waals surface area contributed by atoms with Crippen LogP contribution in [0.4, 0.5) is 13.2 Å². The van der Waals surface area contributed by atoms with E-state index < -0.39 is 27.7 Å². The Kier molecular flexibility index (Phi) is 7.28. The smallest absolute Gasteiger partial charge is 0.352 e. The number of rotatable bonds is 6. The highest BCUT2D eigenvalue weighted by Crippen LogP contribution is 2.29. The first-order chi connectivity index (χ1) is 14.5. The summed E-state index contributed by atoms with van der Waals surface area (Å²) in [6, 6.07) is 11.3. The second-order valence-corrected chi connectivity index (χ2v) is 9.90. The van der Waals surface area contributed by atoms with E-state index in [0.29, 0.717) is 35.5 Å². The maximum atomic E-state index is 12.8. The number of nitrogens with zero attached hydrogens (tertiary/aromatic N) is 1. The predicted molar refractivity (Wildman–Crippen MR) is 112 cm³/mol. The van der Waals surface area contributed by atoms with Crippen molar-refractivity contribution in [2.45, 2.75) is 31.3 Å². The summed E-state index contributed by atoms with van der Waals surface area (Å²) in [7, 11) is -3.62. The quantitative estimate of drug-likeness (QED) is 0.681. The van der Waals surface area contributed by atoms with Crippen LogP contribution in [0, 0.1) is 5.92 Å². The lowest BCUT2D eigenvalue weighted by molar-refractivity contribution is -0.137. The summed E-state index contributed by atoms with van der Waals surface area (Å²) in [5, 5.41) is 3.14. The van der Waals surface area contributed by atoms with E-state index in [0.717, 1.165) is 12.1 Å².